The number of benzene rings is 1. The van der Waals surface area contributed by atoms with Crippen molar-refractivity contribution in [2.24, 2.45) is 7.05 Å². The van der Waals surface area contributed by atoms with E-state index in [-0.39, 0.29) is 17.8 Å². The SMILES string of the molecule is CCCCn1c(=O)[nH]c(=O)c2c1nc(COC(=O)C=Cc1ccc(OC)c(OC)c1)n2C. The van der Waals surface area contributed by atoms with Crippen molar-refractivity contribution in [1.82, 2.24) is 19.1 Å². The van der Waals surface area contributed by atoms with Gasteiger partial charge in [0, 0.05) is 19.7 Å². The highest BCUT2D eigenvalue weighted by molar-refractivity contribution is 5.87. The van der Waals surface area contributed by atoms with Crippen molar-refractivity contribution in [3.8, 4) is 11.5 Å². The summed E-state index contributed by atoms with van der Waals surface area (Å²) in [6, 6.07) is 5.24. The van der Waals surface area contributed by atoms with E-state index in [1.54, 1.807) is 38.4 Å². The van der Waals surface area contributed by atoms with Crippen molar-refractivity contribution < 1.29 is 19.0 Å². The molecule has 2 aromatic heterocycles. The largest absolute Gasteiger partial charge is 0.493 e. The van der Waals surface area contributed by atoms with Crippen LogP contribution in [0.5, 0.6) is 11.5 Å². The fraction of sp³-hybridized carbons (Fsp3) is 0.364. The van der Waals surface area contributed by atoms with Crippen LogP contribution in [0.15, 0.2) is 33.9 Å². The molecule has 2 heterocycles. The third-order valence-electron chi connectivity index (χ3n) is 5.00. The first-order valence-corrected chi connectivity index (χ1v) is 10.1. The number of imidazole rings is 1. The van der Waals surface area contributed by atoms with E-state index in [2.05, 4.69) is 9.97 Å². The van der Waals surface area contributed by atoms with Crippen LogP contribution in [0.1, 0.15) is 31.2 Å². The number of carbonyl (C=O) groups is 1. The van der Waals surface area contributed by atoms with Crippen molar-refractivity contribution in [3.63, 3.8) is 0 Å². The third kappa shape index (κ3) is 4.74. The molecule has 0 aliphatic rings. The summed E-state index contributed by atoms with van der Waals surface area (Å²) in [6.45, 7) is 2.29. The number of aryl methyl sites for hydroxylation is 2. The Morgan fingerprint density at radius 2 is 1.94 bits per heavy atom. The Bertz CT molecular complexity index is 1270. The zero-order valence-electron chi connectivity index (χ0n) is 18.5. The lowest BCUT2D eigenvalue weighted by Crippen LogP contribution is -2.31. The highest BCUT2D eigenvalue weighted by atomic mass is 16.5. The quantitative estimate of drug-likeness (QED) is 0.398. The van der Waals surface area contributed by atoms with E-state index in [1.807, 2.05) is 6.92 Å². The van der Waals surface area contributed by atoms with Gasteiger partial charge in [-0.1, -0.05) is 19.4 Å². The molecule has 0 aliphatic heterocycles. The lowest BCUT2D eigenvalue weighted by molar-refractivity contribution is -0.139. The molecule has 0 radical (unpaired) electrons. The summed E-state index contributed by atoms with van der Waals surface area (Å²) in [7, 11) is 4.72. The summed E-state index contributed by atoms with van der Waals surface area (Å²) in [4.78, 5) is 43.4. The summed E-state index contributed by atoms with van der Waals surface area (Å²) in [5, 5.41) is 0. The molecule has 3 aromatic rings. The average molecular weight is 442 g/mol. The van der Waals surface area contributed by atoms with Crippen molar-refractivity contribution in [3.05, 3.63) is 56.5 Å². The van der Waals surface area contributed by atoms with E-state index < -0.39 is 17.2 Å². The van der Waals surface area contributed by atoms with Crippen molar-refractivity contribution >= 4 is 23.2 Å². The van der Waals surface area contributed by atoms with Gasteiger partial charge in [0.1, 0.15) is 12.4 Å². The molecule has 0 atom stereocenters. The van der Waals surface area contributed by atoms with Crippen LogP contribution in [0.3, 0.4) is 0 Å². The first-order valence-electron chi connectivity index (χ1n) is 10.1. The maximum absolute atomic E-state index is 12.3. The number of ether oxygens (including phenoxy) is 3. The molecule has 170 valence electrons. The predicted octanol–water partition coefficient (Wildman–Crippen LogP) is 2.00. The van der Waals surface area contributed by atoms with Crippen molar-refractivity contribution in [2.45, 2.75) is 32.9 Å². The van der Waals surface area contributed by atoms with Crippen LogP contribution in [0, 0.1) is 0 Å². The normalized spacial score (nSPS) is 11.2. The molecule has 0 saturated carbocycles. The minimum Gasteiger partial charge on any atom is -0.493 e. The Kier molecular flexibility index (Phi) is 7.14. The van der Waals surface area contributed by atoms with Crippen molar-refractivity contribution in [2.75, 3.05) is 14.2 Å². The number of nitrogens with one attached hydrogen (secondary N) is 1. The van der Waals surface area contributed by atoms with E-state index in [0.717, 1.165) is 18.4 Å². The van der Waals surface area contributed by atoms with Crippen LogP contribution >= 0.6 is 0 Å². The second-order valence-corrected chi connectivity index (χ2v) is 7.08. The first-order chi connectivity index (χ1) is 15.4. The number of nitrogens with zero attached hydrogens (tertiary/aromatic N) is 3. The first kappa shape index (κ1) is 22.9. The number of methoxy groups -OCH3 is 2. The zero-order valence-corrected chi connectivity index (χ0v) is 18.5. The molecule has 1 aromatic carbocycles. The predicted molar refractivity (Wildman–Crippen MR) is 119 cm³/mol. The fourth-order valence-electron chi connectivity index (χ4n) is 3.25. The van der Waals surface area contributed by atoms with Crippen LogP contribution in [0.4, 0.5) is 0 Å². The number of hydrogen-bond donors (Lipinski definition) is 1. The van der Waals surface area contributed by atoms with Gasteiger partial charge in [0.25, 0.3) is 5.56 Å². The lowest BCUT2D eigenvalue weighted by Gasteiger charge is -2.07. The Morgan fingerprint density at radius 3 is 2.62 bits per heavy atom. The van der Waals surface area contributed by atoms with Gasteiger partial charge in [-0.05, 0) is 30.2 Å². The number of unbranched alkanes of at least 4 members (excludes halogenated alkanes) is 1. The number of esters is 1. The number of aromatic amines is 1. The molecule has 0 saturated heterocycles. The van der Waals surface area contributed by atoms with Crippen LogP contribution in [-0.4, -0.2) is 39.3 Å². The highest BCUT2D eigenvalue weighted by Gasteiger charge is 2.17. The molecule has 0 bridgehead atoms. The summed E-state index contributed by atoms with van der Waals surface area (Å²) in [5.74, 6) is 0.905. The number of carbonyl (C=O) groups excluding carboxylic acids is 1. The smallest absolute Gasteiger partial charge is 0.331 e. The average Bonchev–Trinajstić information content (AvgIpc) is 3.12. The Labute approximate surface area is 184 Å². The second-order valence-electron chi connectivity index (χ2n) is 7.08. The van der Waals surface area contributed by atoms with Gasteiger partial charge in [0.2, 0.25) is 0 Å². The third-order valence-corrected chi connectivity index (χ3v) is 5.00. The van der Waals surface area contributed by atoms with Crippen LogP contribution < -0.4 is 20.7 Å². The standard InChI is InChI=1S/C22H26N4O6/c1-5-6-11-26-20-19(21(28)24-22(26)29)25(2)17(23-20)13-32-18(27)10-8-14-7-9-15(30-3)16(12-14)31-4/h7-10,12H,5-6,11,13H2,1-4H3,(H,24,28,29). The summed E-state index contributed by atoms with van der Waals surface area (Å²) in [5.41, 5.74) is 0.233. The number of fused-ring (bicyclic) bond motifs is 1. The Morgan fingerprint density at radius 1 is 1.19 bits per heavy atom. The molecule has 0 unspecified atom stereocenters. The van der Waals surface area contributed by atoms with Gasteiger partial charge >= 0.3 is 11.7 Å². The monoisotopic (exact) mass is 442 g/mol. The molecule has 10 heteroatoms. The minimum absolute atomic E-state index is 0.151. The van der Waals surface area contributed by atoms with Gasteiger partial charge in [-0.25, -0.2) is 14.6 Å². The van der Waals surface area contributed by atoms with Crippen LogP contribution in [-0.2, 0) is 29.7 Å². The van der Waals surface area contributed by atoms with E-state index >= 15 is 0 Å². The fourth-order valence-corrected chi connectivity index (χ4v) is 3.25. The number of rotatable bonds is 9. The van der Waals surface area contributed by atoms with E-state index in [0.29, 0.717) is 23.9 Å². The van der Waals surface area contributed by atoms with Crippen LogP contribution in [0.25, 0.3) is 17.2 Å². The molecular weight excluding hydrogens is 416 g/mol. The summed E-state index contributed by atoms with van der Waals surface area (Å²) < 4.78 is 18.7. The van der Waals surface area contributed by atoms with Gasteiger partial charge in [-0.2, -0.15) is 0 Å². The van der Waals surface area contributed by atoms with Gasteiger partial charge in [-0.3, -0.25) is 14.3 Å². The Balaban J connectivity index is 1.77. The number of aromatic nitrogens is 4. The second kappa shape index (κ2) is 9.99. The van der Waals surface area contributed by atoms with E-state index in [9.17, 15) is 14.4 Å². The molecule has 10 nitrogen and oxygen atoms in total. The zero-order chi connectivity index (χ0) is 23.3. The lowest BCUT2D eigenvalue weighted by atomic mass is 10.2. The van der Waals surface area contributed by atoms with Gasteiger partial charge < -0.3 is 18.8 Å². The van der Waals surface area contributed by atoms with Gasteiger partial charge in [0.15, 0.2) is 22.7 Å². The summed E-state index contributed by atoms with van der Waals surface area (Å²) in [6.07, 6.45) is 4.53. The topological polar surface area (TPSA) is 117 Å². The van der Waals surface area contributed by atoms with Crippen LogP contribution in [0.2, 0.25) is 0 Å². The maximum Gasteiger partial charge on any atom is 0.331 e. The molecular formula is C22H26N4O6. The molecule has 0 aliphatic carbocycles. The number of hydrogen-bond acceptors (Lipinski definition) is 7. The van der Waals surface area contributed by atoms with Gasteiger partial charge in [-0.15, -0.1) is 0 Å². The van der Waals surface area contributed by atoms with Crippen molar-refractivity contribution in [1.29, 1.82) is 0 Å². The summed E-state index contributed by atoms with van der Waals surface area (Å²) >= 11 is 0. The molecule has 0 spiro atoms. The van der Waals surface area contributed by atoms with E-state index in [1.165, 1.54) is 22.3 Å². The highest BCUT2D eigenvalue weighted by Crippen LogP contribution is 2.28. The van der Waals surface area contributed by atoms with E-state index in [4.69, 9.17) is 14.2 Å². The Hall–Kier alpha value is -3.82. The minimum atomic E-state index is -0.580. The maximum atomic E-state index is 12.3. The molecule has 1 N–H and O–H groups in total. The molecule has 32 heavy (non-hydrogen) atoms. The van der Waals surface area contributed by atoms with Gasteiger partial charge in [0.05, 0.1) is 14.2 Å². The molecule has 0 amide bonds. The molecule has 0 fully saturated rings. The molecule has 3 rings (SSSR count). The number of H-pyrrole nitrogens is 1.